The molecule has 0 saturated carbocycles. The van der Waals surface area contributed by atoms with E-state index in [-0.39, 0.29) is 10.8 Å². The van der Waals surface area contributed by atoms with Crippen molar-refractivity contribution < 1.29 is 23.4 Å². The van der Waals surface area contributed by atoms with Crippen LogP contribution in [0.4, 0.5) is 19.3 Å². The Morgan fingerprint density at radius 2 is 2.20 bits per heavy atom. The van der Waals surface area contributed by atoms with Gasteiger partial charge in [0.25, 0.3) is 0 Å². The molecule has 2 amide bonds. The van der Waals surface area contributed by atoms with Gasteiger partial charge in [-0.25, -0.2) is 4.79 Å². The Hall–Kier alpha value is -1.60. The molecule has 20 heavy (non-hydrogen) atoms. The Morgan fingerprint density at radius 3 is 2.75 bits per heavy atom. The first-order valence-corrected chi connectivity index (χ1v) is 6.23. The van der Waals surface area contributed by atoms with Gasteiger partial charge in [-0.05, 0) is 31.5 Å². The number of carbonyl (C=O) groups is 1. The zero-order valence-corrected chi connectivity index (χ0v) is 11.5. The van der Waals surface area contributed by atoms with Crippen molar-refractivity contribution in [3.8, 4) is 5.75 Å². The molecule has 0 radical (unpaired) electrons. The molecular weight excluding hydrogens is 294 g/mol. The summed E-state index contributed by atoms with van der Waals surface area (Å²) in [6.07, 6.45) is -0.0782. The number of urea groups is 1. The highest BCUT2D eigenvalue weighted by Gasteiger charge is 2.10. The van der Waals surface area contributed by atoms with Crippen LogP contribution in [0.15, 0.2) is 18.2 Å². The third kappa shape index (κ3) is 6.03. The van der Waals surface area contributed by atoms with Crippen molar-refractivity contribution in [2.45, 2.75) is 26.1 Å². The lowest BCUT2D eigenvalue weighted by atomic mass is 10.3. The van der Waals surface area contributed by atoms with Gasteiger partial charge < -0.3 is 20.5 Å². The number of aliphatic hydroxyl groups excluding tert-OH is 1. The Labute approximate surface area is 119 Å². The van der Waals surface area contributed by atoms with Crippen LogP contribution in [0.1, 0.15) is 13.3 Å². The van der Waals surface area contributed by atoms with Crippen LogP contribution in [0.3, 0.4) is 0 Å². The van der Waals surface area contributed by atoms with E-state index in [9.17, 15) is 13.6 Å². The monoisotopic (exact) mass is 308 g/mol. The third-order valence-corrected chi connectivity index (χ3v) is 2.55. The summed E-state index contributed by atoms with van der Waals surface area (Å²) in [7, 11) is 0. The molecule has 3 N–H and O–H groups in total. The molecule has 112 valence electrons. The largest absolute Gasteiger partial charge is 0.433 e. The first-order valence-electron chi connectivity index (χ1n) is 5.85. The lowest BCUT2D eigenvalue weighted by Gasteiger charge is -2.11. The van der Waals surface area contributed by atoms with E-state index in [1.165, 1.54) is 18.2 Å². The second kappa shape index (κ2) is 7.86. The van der Waals surface area contributed by atoms with Crippen LogP contribution in [0, 0.1) is 0 Å². The summed E-state index contributed by atoms with van der Waals surface area (Å²) in [6.45, 7) is -1.04. The molecule has 1 unspecified atom stereocenters. The van der Waals surface area contributed by atoms with Gasteiger partial charge in [0.1, 0.15) is 5.75 Å². The van der Waals surface area contributed by atoms with Gasteiger partial charge in [-0.3, -0.25) is 0 Å². The van der Waals surface area contributed by atoms with Crippen molar-refractivity contribution >= 4 is 23.3 Å². The number of alkyl halides is 2. The van der Waals surface area contributed by atoms with Gasteiger partial charge in [0.05, 0.1) is 11.1 Å². The molecule has 0 spiro atoms. The van der Waals surface area contributed by atoms with Crippen LogP contribution in [0.25, 0.3) is 0 Å². The second-order valence-corrected chi connectivity index (χ2v) is 4.45. The molecule has 8 heteroatoms. The highest BCUT2D eigenvalue weighted by atomic mass is 35.5. The maximum atomic E-state index is 12.0. The summed E-state index contributed by atoms with van der Waals surface area (Å²) >= 11 is 5.74. The van der Waals surface area contributed by atoms with Gasteiger partial charge >= 0.3 is 12.6 Å². The van der Waals surface area contributed by atoms with Crippen molar-refractivity contribution in [1.82, 2.24) is 5.32 Å². The van der Waals surface area contributed by atoms with Crippen molar-refractivity contribution in [3.63, 3.8) is 0 Å². The van der Waals surface area contributed by atoms with Gasteiger partial charge in [-0.15, -0.1) is 0 Å². The summed E-state index contributed by atoms with van der Waals surface area (Å²) in [6, 6.07) is 3.44. The molecule has 5 nitrogen and oxygen atoms in total. The Bertz CT molecular complexity index is 458. The average Bonchev–Trinajstić information content (AvgIpc) is 2.31. The number of anilines is 1. The highest BCUT2D eigenvalue weighted by Crippen LogP contribution is 2.28. The van der Waals surface area contributed by atoms with Crippen LogP contribution in [-0.4, -0.2) is 30.4 Å². The minimum atomic E-state index is -2.96. The van der Waals surface area contributed by atoms with Crippen molar-refractivity contribution in [2.75, 3.05) is 11.9 Å². The van der Waals surface area contributed by atoms with Crippen LogP contribution >= 0.6 is 11.6 Å². The number of aliphatic hydroxyl groups is 1. The van der Waals surface area contributed by atoms with Crippen LogP contribution < -0.4 is 15.4 Å². The van der Waals surface area contributed by atoms with E-state index in [4.69, 9.17) is 16.7 Å². The van der Waals surface area contributed by atoms with Crippen LogP contribution in [0.2, 0.25) is 5.02 Å². The molecule has 0 aliphatic carbocycles. The molecule has 1 aromatic rings. The number of hydrogen-bond acceptors (Lipinski definition) is 3. The predicted molar refractivity (Wildman–Crippen MR) is 71.4 cm³/mol. The van der Waals surface area contributed by atoms with E-state index in [0.29, 0.717) is 18.7 Å². The van der Waals surface area contributed by atoms with Crippen LogP contribution in [-0.2, 0) is 0 Å². The summed E-state index contributed by atoms with van der Waals surface area (Å²) in [5.74, 6) is -0.165. The normalized spacial score (nSPS) is 12.1. The van der Waals surface area contributed by atoms with Crippen molar-refractivity contribution in [2.24, 2.45) is 0 Å². The zero-order chi connectivity index (χ0) is 15.1. The minimum Gasteiger partial charge on any atom is -0.433 e. The Morgan fingerprint density at radius 1 is 1.50 bits per heavy atom. The van der Waals surface area contributed by atoms with Crippen molar-refractivity contribution in [3.05, 3.63) is 23.2 Å². The lowest BCUT2D eigenvalue weighted by Crippen LogP contribution is -2.30. The minimum absolute atomic E-state index is 0.0351. The quantitative estimate of drug-likeness (QED) is 0.757. The molecule has 0 aliphatic heterocycles. The number of carbonyl (C=O) groups excluding carboxylic acids is 1. The van der Waals surface area contributed by atoms with E-state index in [0.717, 1.165) is 0 Å². The van der Waals surface area contributed by atoms with E-state index < -0.39 is 18.7 Å². The molecule has 1 atom stereocenters. The molecule has 0 heterocycles. The summed E-state index contributed by atoms with van der Waals surface area (Å²) in [5, 5.41) is 14.0. The fraction of sp³-hybridized carbons (Fsp3) is 0.417. The molecule has 0 bridgehead atoms. The van der Waals surface area contributed by atoms with E-state index in [1.807, 2.05) is 0 Å². The van der Waals surface area contributed by atoms with Gasteiger partial charge in [0.15, 0.2) is 0 Å². The van der Waals surface area contributed by atoms with Gasteiger partial charge in [0.2, 0.25) is 0 Å². The number of amides is 2. The second-order valence-electron chi connectivity index (χ2n) is 4.04. The van der Waals surface area contributed by atoms with Crippen molar-refractivity contribution in [1.29, 1.82) is 0 Å². The smallest absolute Gasteiger partial charge is 0.387 e. The number of hydrogen-bond donors (Lipinski definition) is 3. The molecule has 0 aliphatic rings. The number of rotatable bonds is 6. The topological polar surface area (TPSA) is 70.6 Å². The molecule has 0 fully saturated rings. The maximum absolute atomic E-state index is 12.0. The summed E-state index contributed by atoms with van der Waals surface area (Å²) in [4.78, 5) is 11.5. The number of benzene rings is 1. The predicted octanol–water partition coefficient (Wildman–Crippen LogP) is 2.83. The average molecular weight is 309 g/mol. The fourth-order valence-corrected chi connectivity index (χ4v) is 1.57. The number of halogens is 3. The Balaban J connectivity index is 2.52. The zero-order valence-electron chi connectivity index (χ0n) is 10.7. The number of nitrogens with one attached hydrogen (secondary N) is 2. The summed E-state index contributed by atoms with van der Waals surface area (Å²) in [5.41, 5.74) is 0.339. The first kappa shape index (κ1) is 16.5. The molecule has 0 saturated heterocycles. The van der Waals surface area contributed by atoms with E-state index >= 15 is 0 Å². The van der Waals surface area contributed by atoms with Crippen LogP contribution in [0.5, 0.6) is 5.75 Å². The number of ether oxygens (including phenoxy) is 1. The summed E-state index contributed by atoms with van der Waals surface area (Å²) < 4.78 is 28.2. The highest BCUT2D eigenvalue weighted by molar-refractivity contribution is 6.32. The van der Waals surface area contributed by atoms with Gasteiger partial charge in [-0.1, -0.05) is 11.6 Å². The molecule has 1 aromatic carbocycles. The first-order chi connectivity index (χ1) is 9.38. The van der Waals surface area contributed by atoms with E-state index in [2.05, 4.69) is 15.4 Å². The fourth-order valence-electron chi connectivity index (χ4n) is 1.34. The SMILES string of the molecule is CC(O)CCNC(=O)Nc1ccc(OC(F)F)c(Cl)c1. The maximum Gasteiger partial charge on any atom is 0.387 e. The van der Waals surface area contributed by atoms with Gasteiger partial charge in [0, 0.05) is 12.2 Å². The molecular formula is C12H15ClF2N2O3. The standard InChI is InChI=1S/C12H15ClF2N2O3/c1-7(18)4-5-16-12(19)17-8-2-3-10(9(13)6-8)20-11(14)15/h2-3,6-7,11,18H,4-5H2,1H3,(H2,16,17,19). The third-order valence-electron chi connectivity index (χ3n) is 2.25. The molecule has 1 rings (SSSR count). The molecule has 0 aromatic heterocycles. The van der Waals surface area contributed by atoms with E-state index in [1.54, 1.807) is 6.92 Å². The lowest BCUT2D eigenvalue weighted by molar-refractivity contribution is -0.0497. The Kier molecular flexibility index (Phi) is 6.47. The van der Waals surface area contributed by atoms with Gasteiger partial charge in [-0.2, -0.15) is 8.78 Å².